The highest BCUT2D eigenvalue weighted by Crippen LogP contribution is 2.24. The van der Waals surface area contributed by atoms with Crippen LogP contribution in [0.15, 0.2) is 63.9 Å². The summed E-state index contributed by atoms with van der Waals surface area (Å²) in [5.74, 6) is 0.761. The fourth-order valence-corrected chi connectivity index (χ4v) is 2.58. The topological polar surface area (TPSA) is 38.1 Å². The smallest absolute Gasteiger partial charge is 0.181 e. The third-order valence-electron chi connectivity index (χ3n) is 3.09. The Labute approximate surface area is 136 Å². The van der Waals surface area contributed by atoms with Gasteiger partial charge in [-0.25, -0.2) is 4.98 Å². The summed E-state index contributed by atoms with van der Waals surface area (Å²) in [7, 11) is 0. The van der Waals surface area contributed by atoms with Gasteiger partial charge in [0.2, 0.25) is 0 Å². The molecule has 0 bridgehead atoms. The summed E-state index contributed by atoms with van der Waals surface area (Å²) in [4.78, 5) is 3.91. The molecule has 3 aromatic rings. The average molecular weight is 364 g/mol. The lowest BCUT2D eigenvalue weighted by Crippen LogP contribution is -2.00. The minimum absolute atomic E-state index is 0.667. The SMILES string of the molecule is Clc1ccc(Br)cc1CNc1ccc(-c2cnco2)cc1. The first-order valence-corrected chi connectivity index (χ1v) is 7.56. The number of oxazole rings is 1. The second-order valence-electron chi connectivity index (χ2n) is 4.53. The minimum atomic E-state index is 0.667. The molecule has 0 spiro atoms. The molecule has 0 aliphatic heterocycles. The molecule has 106 valence electrons. The number of hydrogen-bond acceptors (Lipinski definition) is 3. The van der Waals surface area contributed by atoms with E-state index in [1.54, 1.807) is 6.20 Å². The van der Waals surface area contributed by atoms with Crippen molar-refractivity contribution in [3.8, 4) is 11.3 Å². The van der Waals surface area contributed by atoms with Crippen molar-refractivity contribution in [3.05, 3.63) is 70.1 Å². The maximum Gasteiger partial charge on any atom is 0.181 e. The summed E-state index contributed by atoms with van der Waals surface area (Å²) in [5, 5.41) is 4.10. The summed E-state index contributed by atoms with van der Waals surface area (Å²) in [6.07, 6.45) is 3.13. The standard InChI is InChI=1S/C16H12BrClN2O/c17-13-3-6-15(18)12(7-13)8-20-14-4-1-11(2-5-14)16-9-19-10-21-16/h1-7,9-10,20H,8H2. The summed E-state index contributed by atoms with van der Waals surface area (Å²) >= 11 is 9.63. The summed E-state index contributed by atoms with van der Waals surface area (Å²) in [5.41, 5.74) is 3.07. The molecular weight excluding hydrogens is 352 g/mol. The number of benzene rings is 2. The third-order valence-corrected chi connectivity index (χ3v) is 3.95. The van der Waals surface area contributed by atoms with Crippen LogP contribution in [-0.2, 0) is 6.54 Å². The first kappa shape index (κ1) is 14.2. The van der Waals surface area contributed by atoms with Gasteiger partial charge in [-0.05, 0) is 48.0 Å². The van der Waals surface area contributed by atoms with Crippen LogP contribution in [-0.4, -0.2) is 4.98 Å². The Morgan fingerprint density at radius 3 is 2.67 bits per heavy atom. The highest BCUT2D eigenvalue weighted by molar-refractivity contribution is 9.10. The van der Waals surface area contributed by atoms with E-state index in [9.17, 15) is 0 Å². The summed E-state index contributed by atoms with van der Waals surface area (Å²) in [6, 6.07) is 13.8. The van der Waals surface area contributed by atoms with Crippen molar-refractivity contribution in [2.24, 2.45) is 0 Å². The maximum absolute atomic E-state index is 6.18. The summed E-state index contributed by atoms with van der Waals surface area (Å²) in [6.45, 7) is 0.667. The molecule has 0 radical (unpaired) electrons. The van der Waals surface area contributed by atoms with Crippen LogP contribution in [0.3, 0.4) is 0 Å². The van der Waals surface area contributed by atoms with E-state index in [1.165, 1.54) is 6.39 Å². The number of anilines is 1. The molecule has 0 amide bonds. The molecule has 0 fully saturated rings. The minimum Gasteiger partial charge on any atom is -0.444 e. The molecule has 1 N–H and O–H groups in total. The van der Waals surface area contributed by atoms with E-state index < -0.39 is 0 Å². The van der Waals surface area contributed by atoms with Crippen LogP contribution in [0.1, 0.15) is 5.56 Å². The van der Waals surface area contributed by atoms with Crippen LogP contribution >= 0.6 is 27.5 Å². The zero-order chi connectivity index (χ0) is 14.7. The molecule has 0 unspecified atom stereocenters. The fraction of sp³-hybridized carbons (Fsp3) is 0.0625. The van der Waals surface area contributed by atoms with Crippen LogP contribution in [0.5, 0.6) is 0 Å². The van der Waals surface area contributed by atoms with Crippen LogP contribution in [0.25, 0.3) is 11.3 Å². The molecule has 3 rings (SSSR count). The zero-order valence-electron chi connectivity index (χ0n) is 11.0. The van der Waals surface area contributed by atoms with Crippen molar-refractivity contribution >= 4 is 33.2 Å². The lowest BCUT2D eigenvalue weighted by Gasteiger charge is -2.09. The van der Waals surface area contributed by atoms with Crippen LogP contribution in [0, 0.1) is 0 Å². The van der Waals surface area contributed by atoms with Gasteiger partial charge in [0.05, 0.1) is 6.20 Å². The molecule has 5 heteroatoms. The number of aromatic nitrogens is 1. The Morgan fingerprint density at radius 2 is 1.95 bits per heavy atom. The van der Waals surface area contributed by atoms with E-state index in [1.807, 2.05) is 42.5 Å². The van der Waals surface area contributed by atoms with Gasteiger partial charge in [0.1, 0.15) is 0 Å². The fourth-order valence-electron chi connectivity index (χ4n) is 1.99. The second-order valence-corrected chi connectivity index (χ2v) is 5.86. The Balaban J connectivity index is 1.70. The van der Waals surface area contributed by atoms with Gasteiger partial charge >= 0.3 is 0 Å². The highest BCUT2D eigenvalue weighted by atomic mass is 79.9. The molecule has 0 saturated heterocycles. The predicted octanol–water partition coefficient (Wildman–Crippen LogP) is 5.37. The van der Waals surface area contributed by atoms with Crippen molar-refractivity contribution < 1.29 is 4.42 Å². The van der Waals surface area contributed by atoms with Gasteiger partial charge in [-0.3, -0.25) is 0 Å². The van der Waals surface area contributed by atoms with Crippen LogP contribution in [0.2, 0.25) is 5.02 Å². The zero-order valence-corrected chi connectivity index (χ0v) is 13.4. The molecule has 0 saturated carbocycles. The lowest BCUT2D eigenvalue weighted by atomic mass is 10.1. The van der Waals surface area contributed by atoms with Gasteiger partial charge in [-0.15, -0.1) is 0 Å². The van der Waals surface area contributed by atoms with E-state index in [0.29, 0.717) is 6.54 Å². The van der Waals surface area contributed by atoms with E-state index in [4.69, 9.17) is 16.0 Å². The Kier molecular flexibility index (Phi) is 4.27. The molecule has 1 aromatic heterocycles. The van der Waals surface area contributed by atoms with Crippen LogP contribution in [0.4, 0.5) is 5.69 Å². The largest absolute Gasteiger partial charge is 0.444 e. The van der Waals surface area contributed by atoms with E-state index in [0.717, 1.165) is 32.1 Å². The van der Waals surface area contributed by atoms with Crippen molar-refractivity contribution in [2.45, 2.75) is 6.54 Å². The van der Waals surface area contributed by atoms with Crippen LogP contribution < -0.4 is 5.32 Å². The quantitative estimate of drug-likeness (QED) is 0.677. The average Bonchev–Trinajstić information content (AvgIpc) is 3.03. The van der Waals surface area contributed by atoms with Gasteiger partial charge < -0.3 is 9.73 Å². The molecule has 0 aliphatic rings. The van der Waals surface area contributed by atoms with Gasteiger partial charge in [0.25, 0.3) is 0 Å². The van der Waals surface area contributed by atoms with Crippen molar-refractivity contribution in [1.29, 1.82) is 0 Å². The van der Waals surface area contributed by atoms with E-state index >= 15 is 0 Å². The number of nitrogens with one attached hydrogen (secondary N) is 1. The van der Waals surface area contributed by atoms with Crippen molar-refractivity contribution in [2.75, 3.05) is 5.32 Å². The molecule has 1 heterocycles. The van der Waals surface area contributed by atoms with Gasteiger partial charge in [0.15, 0.2) is 12.2 Å². The number of nitrogens with zero attached hydrogens (tertiary/aromatic N) is 1. The maximum atomic E-state index is 6.18. The van der Waals surface area contributed by atoms with Gasteiger partial charge in [-0.1, -0.05) is 27.5 Å². The van der Waals surface area contributed by atoms with E-state index in [-0.39, 0.29) is 0 Å². The number of hydrogen-bond donors (Lipinski definition) is 1. The molecule has 2 aromatic carbocycles. The van der Waals surface area contributed by atoms with Gasteiger partial charge in [0, 0.05) is 27.3 Å². The molecular formula is C16H12BrClN2O. The Morgan fingerprint density at radius 1 is 1.14 bits per heavy atom. The predicted molar refractivity (Wildman–Crippen MR) is 88.4 cm³/mol. The first-order valence-electron chi connectivity index (χ1n) is 6.39. The van der Waals surface area contributed by atoms with E-state index in [2.05, 4.69) is 26.2 Å². The highest BCUT2D eigenvalue weighted by Gasteiger charge is 2.03. The van der Waals surface area contributed by atoms with Crippen molar-refractivity contribution in [1.82, 2.24) is 4.98 Å². The second kappa shape index (κ2) is 6.33. The van der Waals surface area contributed by atoms with Gasteiger partial charge in [-0.2, -0.15) is 0 Å². The molecule has 0 aliphatic carbocycles. The Bertz CT molecular complexity index is 727. The molecule has 21 heavy (non-hydrogen) atoms. The Hall–Kier alpha value is -1.78. The third kappa shape index (κ3) is 3.46. The summed E-state index contributed by atoms with van der Waals surface area (Å²) < 4.78 is 6.28. The van der Waals surface area contributed by atoms with Crippen molar-refractivity contribution in [3.63, 3.8) is 0 Å². The molecule has 3 nitrogen and oxygen atoms in total. The normalized spacial score (nSPS) is 10.6. The molecule has 0 atom stereocenters. The monoisotopic (exact) mass is 362 g/mol. The lowest BCUT2D eigenvalue weighted by molar-refractivity contribution is 0.572. The first-order chi connectivity index (χ1) is 10.2. The number of rotatable bonds is 4. The number of halogens is 2.